The fourth-order valence-electron chi connectivity index (χ4n) is 4.57. The molecule has 0 unspecified atom stereocenters. The first-order valence-electron chi connectivity index (χ1n) is 13.9. The largest absolute Gasteiger partial charge is 0.454 e. The lowest BCUT2D eigenvalue weighted by Crippen LogP contribution is -2.53. The second-order valence-electron chi connectivity index (χ2n) is 10.6. The number of rotatable bonds is 13. The van der Waals surface area contributed by atoms with Crippen LogP contribution in [0, 0.1) is 5.92 Å². The van der Waals surface area contributed by atoms with Crippen molar-refractivity contribution in [1.29, 1.82) is 0 Å². The molecule has 0 bridgehead atoms. The van der Waals surface area contributed by atoms with E-state index in [9.17, 15) is 18.0 Å². The monoisotopic (exact) mass is 647 g/mol. The predicted octanol–water partition coefficient (Wildman–Crippen LogP) is 5.29. The maximum atomic E-state index is 14.3. The van der Waals surface area contributed by atoms with Crippen LogP contribution >= 0.6 is 23.2 Å². The van der Waals surface area contributed by atoms with Gasteiger partial charge in [0.25, 0.3) is 0 Å². The topological polar surface area (TPSA) is 105 Å². The molecule has 1 N–H and O–H groups in total. The van der Waals surface area contributed by atoms with E-state index in [-0.39, 0.29) is 43.0 Å². The summed E-state index contributed by atoms with van der Waals surface area (Å²) in [5.41, 5.74) is 1.72. The van der Waals surface area contributed by atoms with Gasteiger partial charge in [0.15, 0.2) is 11.5 Å². The molecular weight excluding hydrogens is 613 g/mol. The van der Waals surface area contributed by atoms with Crippen LogP contribution in [0.15, 0.2) is 66.7 Å². The number of ether oxygens (including phenoxy) is 2. The number of carbonyl (C=O) groups excluding carboxylic acids is 2. The van der Waals surface area contributed by atoms with Gasteiger partial charge in [-0.15, -0.1) is 0 Å². The van der Waals surface area contributed by atoms with Gasteiger partial charge in [0, 0.05) is 25.6 Å². The molecule has 43 heavy (non-hydrogen) atoms. The lowest BCUT2D eigenvalue weighted by atomic mass is 10.0. The second kappa shape index (κ2) is 14.3. The van der Waals surface area contributed by atoms with E-state index in [1.807, 2.05) is 44.2 Å². The fraction of sp³-hybridized carbons (Fsp3) is 0.355. The lowest BCUT2D eigenvalue weighted by Gasteiger charge is -2.34. The van der Waals surface area contributed by atoms with Crippen LogP contribution in [-0.4, -0.2) is 56.8 Å². The molecule has 0 aliphatic carbocycles. The molecule has 2 amide bonds. The van der Waals surface area contributed by atoms with Crippen molar-refractivity contribution in [3.8, 4) is 11.5 Å². The first kappa shape index (κ1) is 32.4. The maximum Gasteiger partial charge on any atom is 0.244 e. The van der Waals surface area contributed by atoms with Gasteiger partial charge in [-0.3, -0.25) is 13.9 Å². The molecule has 1 aliphatic heterocycles. The molecule has 3 aromatic rings. The van der Waals surface area contributed by atoms with Gasteiger partial charge in [0.05, 0.1) is 21.5 Å². The summed E-state index contributed by atoms with van der Waals surface area (Å²) >= 11 is 12.4. The Kier molecular flexibility index (Phi) is 10.8. The van der Waals surface area contributed by atoms with Gasteiger partial charge in [-0.1, -0.05) is 73.4 Å². The Labute approximate surface area is 262 Å². The zero-order valence-corrected chi connectivity index (χ0v) is 26.6. The molecule has 1 aliphatic rings. The molecule has 12 heteroatoms. The van der Waals surface area contributed by atoms with Crippen LogP contribution in [0.2, 0.25) is 10.0 Å². The highest BCUT2D eigenvalue weighted by molar-refractivity contribution is 7.92. The van der Waals surface area contributed by atoms with E-state index in [1.54, 1.807) is 30.3 Å². The summed E-state index contributed by atoms with van der Waals surface area (Å²) in [4.78, 5) is 29.4. The molecule has 9 nitrogen and oxygen atoms in total. The van der Waals surface area contributed by atoms with Crippen LogP contribution in [-0.2, 0) is 32.6 Å². The molecule has 0 spiro atoms. The van der Waals surface area contributed by atoms with Crippen molar-refractivity contribution in [2.45, 2.75) is 39.8 Å². The van der Waals surface area contributed by atoms with Crippen LogP contribution < -0.4 is 19.1 Å². The number of nitrogens with zero attached hydrogens (tertiary/aromatic N) is 2. The number of halogens is 2. The SMILES string of the molecule is CCS(=O)(=O)N(CC(=O)N(Cc1ccc(Cl)c(Cl)c1)[C@H](Cc1ccccc1)C(=O)NCC(C)C)c1ccc2c(c1)OCO2. The molecule has 0 radical (unpaired) electrons. The molecule has 1 heterocycles. The van der Waals surface area contributed by atoms with Gasteiger partial charge in [0.2, 0.25) is 28.6 Å². The number of fused-ring (bicyclic) bond motifs is 1. The van der Waals surface area contributed by atoms with E-state index in [2.05, 4.69) is 5.32 Å². The molecule has 1 atom stereocenters. The van der Waals surface area contributed by atoms with Gasteiger partial charge in [-0.05, 0) is 48.2 Å². The Morgan fingerprint density at radius 2 is 1.65 bits per heavy atom. The molecule has 4 rings (SSSR count). The van der Waals surface area contributed by atoms with Crippen molar-refractivity contribution >= 4 is 50.7 Å². The van der Waals surface area contributed by atoms with Crippen molar-refractivity contribution in [2.75, 3.05) is 29.9 Å². The quantitative estimate of drug-likeness (QED) is 0.270. The Bertz CT molecular complexity index is 1550. The van der Waals surface area contributed by atoms with Gasteiger partial charge in [-0.2, -0.15) is 0 Å². The molecule has 3 aromatic carbocycles. The zero-order valence-electron chi connectivity index (χ0n) is 24.3. The molecular formula is C31H35Cl2N3O6S. The Morgan fingerprint density at radius 3 is 2.33 bits per heavy atom. The number of benzene rings is 3. The highest BCUT2D eigenvalue weighted by Crippen LogP contribution is 2.36. The zero-order chi connectivity index (χ0) is 31.1. The van der Waals surface area contributed by atoms with E-state index in [0.717, 1.165) is 9.87 Å². The Balaban J connectivity index is 1.75. The van der Waals surface area contributed by atoms with Gasteiger partial charge >= 0.3 is 0 Å². The number of anilines is 1. The number of hydrogen-bond acceptors (Lipinski definition) is 6. The predicted molar refractivity (Wildman–Crippen MR) is 168 cm³/mol. The van der Waals surface area contributed by atoms with Crippen LogP contribution in [0.3, 0.4) is 0 Å². The minimum Gasteiger partial charge on any atom is -0.454 e. The highest BCUT2D eigenvalue weighted by Gasteiger charge is 2.34. The summed E-state index contributed by atoms with van der Waals surface area (Å²) in [7, 11) is -3.92. The third-order valence-electron chi connectivity index (χ3n) is 6.92. The number of amides is 2. The van der Waals surface area contributed by atoms with Gasteiger partial charge in [0.1, 0.15) is 12.6 Å². The minimum absolute atomic E-state index is 0.0104. The van der Waals surface area contributed by atoms with Crippen LogP contribution in [0.25, 0.3) is 0 Å². The van der Waals surface area contributed by atoms with E-state index in [0.29, 0.717) is 33.7 Å². The summed E-state index contributed by atoms with van der Waals surface area (Å²) in [5.74, 6) is -0.125. The standard InChI is InChI=1S/C31H35Cl2N3O6S/c1-4-43(39,40)36(24-11-13-28-29(16-24)42-20-41-28)19-30(37)35(18-23-10-12-25(32)26(33)14-23)27(31(38)34-17-21(2)3)15-22-8-6-5-7-9-22/h5-14,16,21,27H,4,15,17-20H2,1-3H3,(H,34,38)/t27-/m1/s1. The number of carbonyl (C=O) groups is 2. The molecule has 0 saturated heterocycles. The highest BCUT2D eigenvalue weighted by atomic mass is 35.5. The third-order valence-corrected chi connectivity index (χ3v) is 9.40. The maximum absolute atomic E-state index is 14.3. The smallest absolute Gasteiger partial charge is 0.244 e. The Hall–Kier alpha value is -3.47. The summed E-state index contributed by atoms with van der Waals surface area (Å²) in [6.07, 6.45) is 0.211. The normalized spacial score (nSPS) is 13.1. The first-order chi connectivity index (χ1) is 20.5. The first-order valence-corrected chi connectivity index (χ1v) is 16.3. The van der Waals surface area contributed by atoms with Gasteiger partial charge in [-0.25, -0.2) is 8.42 Å². The van der Waals surface area contributed by atoms with E-state index < -0.39 is 28.5 Å². The number of hydrogen-bond donors (Lipinski definition) is 1. The number of sulfonamides is 1. The minimum atomic E-state index is -3.92. The van der Waals surface area contributed by atoms with Crippen molar-refractivity contribution in [1.82, 2.24) is 10.2 Å². The van der Waals surface area contributed by atoms with Crippen molar-refractivity contribution in [3.05, 3.63) is 87.9 Å². The summed E-state index contributed by atoms with van der Waals surface area (Å²) in [5, 5.41) is 3.60. The van der Waals surface area contributed by atoms with Crippen molar-refractivity contribution in [3.63, 3.8) is 0 Å². The summed E-state index contributed by atoms with van der Waals surface area (Å²) in [6.45, 7) is 5.33. The van der Waals surface area contributed by atoms with Crippen molar-refractivity contribution in [2.24, 2.45) is 5.92 Å². The van der Waals surface area contributed by atoms with Crippen LogP contribution in [0.4, 0.5) is 5.69 Å². The van der Waals surface area contributed by atoms with Crippen LogP contribution in [0.5, 0.6) is 11.5 Å². The molecule has 0 fully saturated rings. The van der Waals surface area contributed by atoms with Crippen LogP contribution in [0.1, 0.15) is 31.9 Å². The summed E-state index contributed by atoms with van der Waals surface area (Å²) in [6, 6.07) is 18.1. The van der Waals surface area contributed by atoms with E-state index >= 15 is 0 Å². The van der Waals surface area contributed by atoms with Crippen molar-refractivity contribution < 1.29 is 27.5 Å². The Morgan fingerprint density at radius 1 is 0.930 bits per heavy atom. The summed E-state index contributed by atoms with van der Waals surface area (Å²) < 4.78 is 38.6. The molecule has 0 saturated carbocycles. The molecule has 0 aromatic heterocycles. The fourth-order valence-corrected chi connectivity index (χ4v) is 5.95. The lowest BCUT2D eigenvalue weighted by molar-refractivity contribution is -0.140. The van der Waals surface area contributed by atoms with E-state index in [1.165, 1.54) is 17.9 Å². The average Bonchev–Trinajstić information content (AvgIpc) is 3.46. The molecule has 230 valence electrons. The van der Waals surface area contributed by atoms with E-state index in [4.69, 9.17) is 32.7 Å². The third kappa shape index (κ3) is 8.34. The number of nitrogens with one attached hydrogen (secondary N) is 1. The average molecular weight is 649 g/mol. The van der Waals surface area contributed by atoms with Gasteiger partial charge < -0.3 is 19.7 Å². The second-order valence-corrected chi connectivity index (χ2v) is 13.6.